The van der Waals surface area contributed by atoms with Crippen molar-refractivity contribution >= 4 is 16.8 Å². The zero-order valence-corrected chi connectivity index (χ0v) is 18.6. The standard InChI is InChI=1S/C27H25N3O3/c1-17-18(2)33-25-20(17)12-8-13-22(25)27(32)30(15-19-9-4-3-5-10-19)16-24-28-23-14-7-6-11-21(23)26(31)29-24/h3-14,17-18H,15-16H2,1-2H3,(H,28,29,31). The fraction of sp³-hybridized carbons (Fsp3) is 0.222. The molecule has 0 spiro atoms. The van der Waals surface area contributed by atoms with Crippen molar-refractivity contribution in [1.29, 1.82) is 0 Å². The van der Waals surface area contributed by atoms with Gasteiger partial charge in [0.25, 0.3) is 11.5 Å². The molecule has 2 unspecified atom stereocenters. The summed E-state index contributed by atoms with van der Waals surface area (Å²) in [6.07, 6.45) is 0.00929. The minimum atomic E-state index is -0.214. The lowest BCUT2D eigenvalue weighted by molar-refractivity contribution is 0.0720. The van der Waals surface area contributed by atoms with Crippen molar-refractivity contribution in [2.24, 2.45) is 0 Å². The Kier molecular flexibility index (Phi) is 5.42. The van der Waals surface area contributed by atoms with Crippen LogP contribution in [-0.2, 0) is 13.1 Å². The van der Waals surface area contributed by atoms with E-state index in [-0.39, 0.29) is 30.0 Å². The van der Waals surface area contributed by atoms with Crippen molar-refractivity contribution in [2.75, 3.05) is 0 Å². The fourth-order valence-electron chi connectivity index (χ4n) is 4.32. The van der Waals surface area contributed by atoms with E-state index in [1.54, 1.807) is 23.1 Å². The number of carbonyl (C=O) groups is 1. The summed E-state index contributed by atoms with van der Waals surface area (Å²) in [5.41, 5.74) is 2.96. The van der Waals surface area contributed by atoms with E-state index in [0.717, 1.165) is 11.1 Å². The average Bonchev–Trinajstić information content (AvgIpc) is 3.12. The smallest absolute Gasteiger partial charge is 0.258 e. The minimum Gasteiger partial charge on any atom is -0.489 e. The topological polar surface area (TPSA) is 75.3 Å². The SMILES string of the molecule is CC1Oc2c(C(=O)N(Cc3ccccc3)Cc3nc4ccccc4c(=O)[nH]3)cccc2C1C. The molecule has 2 atom stereocenters. The average molecular weight is 440 g/mol. The molecule has 0 fully saturated rings. The lowest BCUT2D eigenvalue weighted by Gasteiger charge is -2.23. The van der Waals surface area contributed by atoms with Crippen LogP contribution >= 0.6 is 0 Å². The first-order valence-corrected chi connectivity index (χ1v) is 11.1. The molecule has 4 aromatic rings. The van der Waals surface area contributed by atoms with E-state index in [1.807, 2.05) is 61.5 Å². The van der Waals surface area contributed by atoms with Gasteiger partial charge in [-0.05, 0) is 30.7 Å². The maximum atomic E-state index is 13.8. The van der Waals surface area contributed by atoms with E-state index < -0.39 is 0 Å². The number of rotatable bonds is 5. The summed E-state index contributed by atoms with van der Waals surface area (Å²) in [5.74, 6) is 1.15. The molecule has 6 nitrogen and oxygen atoms in total. The first-order valence-electron chi connectivity index (χ1n) is 11.1. The summed E-state index contributed by atoms with van der Waals surface area (Å²) in [7, 11) is 0. The fourth-order valence-corrected chi connectivity index (χ4v) is 4.32. The summed E-state index contributed by atoms with van der Waals surface area (Å²) < 4.78 is 6.08. The summed E-state index contributed by atoms with van der Waals surface area (Å²) >= 11 is 0. The molecule has 2 heterocycles. The van der Waals surface area contributed by atoms with Gasteiger partial charge in [0.05, 0.1) is 23.0 Å². The van der Waals surface area contributed by atoms with Gasteiger partial charge in [-0.2, -0.15) is 0 Å². The van der Waals surface area contributed by atoms with Crippen LogP contribution in [0.1, 0.15) is 47.1 Å². The number of para-hydroxylation sites is 2. The van der Waals surface area contributed by atoms with Crippen LogP contribution in [0.25, 0.3) is 10.9 Å². The molecule has 3 aromatic carbocycles. The molecule has 1 N–H and O–H groups in total. The largest absolute Gasteiger partial charge is 0.489 e. The summed E-state index contributed by atoms with van der Waals surface area (Å²) in [5, 5.41) is 0.527. The number of benzene rings is 3. The van der Waals surface area contributed by atoms with Gasteiger partial charge in [-0.25, -0.2) is 4.98 Å². The van der Waals surface area contributed by atoms with Crippen LogP contribution in [0.15, 0.2) is 77.6 Å². The van der Waals surface area contributed by atoms with Crippen LogP contribution in [0, 0.1) is 0 Å². The highest BCUT2D eigenvalue weighted by atomic mass is 16.5. The first-order chi connectivity index (χ1) is 16.0. The number of carbonyl (C=O) groups excluding carboxylic acids is 1. The van der Waals surface area contributed by atoms with Gasteiger partial charge in [0.1, 0.15) is 17.7 Å². The molecular weight excluding hydrogens is 414 g/mol. The predicted molar refractivity (Wildman–Crippen MR) is 127 cm³/mol. The van der Waals surface area contributed by atoms with Crippen molar-refractivity contribution in [2.45, 2.75) is 39.0 Å². The molecule has 5 rings (SSSR count). The van der Waals surface area contributed by atoms with Crippen LogP contribution in [0.4, 0.5) is 0 Å². The van der Waals surface area contributed by atoms with Crippen LogP contribution < -0.4 is 10.3 Å². The third kappa shape index (κ3) is 4.00. The van der Waals surface area contributed by atoms with E-state index >= 15 is 0 Å². The summed E-state index contributed by atoms with van der Waals surface area (Å²) in [6.45, 7) is 4.67. The van der Waals surface area contributed by atoms with Gasteiger partial charge in [-0.1, -0.05) is 61.5 Å². The Morgan fingerprint density at radius 1 is 0.970 bits per heavy atom. The lowest BCUT2D eigenvalue weighted by Crippen LogP contribution is -2.32. The second-order valence-electron chi connectivity index (χ2n) is 8.51. The molecule has 0 radical (unpaired) electrons. The third-order valence-electron chi connectivity index (χ3n) is 6.28. The number of hydrogen-bond acceptors (Lipinski definition) is 4. The molecule has 1 aliphatic rings. The number of aromatic nitrogens is 2. The van der Waals surface area contributed by atoms with Gasteiger partial charge in [0.2, 0.25) is 0 Å². The summed E-state index contributed by atoms with van der Waals surface area (Å²) in [6, 6.07) is 22.7. The number of aromatic amines is 1. The Bertz CT molecular complexity index is 1380. The Balaban J connectivity index is 1.54. The third-order valence-corrected chi connectivity index (χ3v) is 6.28. The maximum Gasteiger partial charge on any atom is 0.258 e. The zero-order valence-electron chi connectivity index (χ0n) is 18.6. The number of H-pyrrole nitrogens is 1. The molecule has 1 aromatic heterocycles. The highest BCUT2D eigenvalue weighted by Crippen LogP contribution is 2.40. The normalized spacial score (nSPS) is 16.9. The lowest BCUT2D eigenvalue weighted by atomic mass is 9.96. The molecular formula is C27H25N3O3. The molecule has 0 bridgehead atoms. The van der Waals surface area contributed by atoms with E-state index in [1.165, 1.54) is 0 Å². The number of hydrogen-bond donors (Lipinski definition) is 1. The molecule has 0 aliphatic carbocycles. The number of nitrogens with one attached hydrogen (secondary N) is 1. The van der Waals surface area contributed by atoms with Crippen LogP contribution in [0.5, 0.6) is 5.75 Å². The van der Waals surface area contributed by atoms with Crippen molar-refractivity contribution in [3.63, 3.8) is 0 Å². The van der Waals surface area contributed by atoms with E-state index in [0.29, 0.717) is 34.6 Å². The van der Waals surface area contributed by atoms with Crippen LogP contribution in [-0.4, -0.2) is 26.9 Å². The number of ether oxygens (including phenoxy) is 1. The highest BCUT2D eigenvalue weighted by Gasteiger charge is 2.32. The van der Waals surface area contributed by atoms with Gasteiger partial charge in [-0.15, -0.1) is 0 Å². The number of amides is 1. The second kappa shape index (κ2) is 8.54. The van der Waals surface area contributed by atoms with E-state index in [2.05, 4.69) is 16.9 Å². The van der Waals surface area contributed by atoms with Gasteiger partial charge in [0, 0.05) is 18.0 Å². The van der Waals surface area contributed by atoms with Crippen molar-refractivity contribution < 1.29 is 9.53 Å². The molecule has 1 aliphatic heterocycles. The molecule has 166 valence electrons. The van der Waals surface area contributed by atoms with Crippen molar-refractivity contribution in [1.82, 2.24) is 14.9 Å². The Hall–Kier alpha value is -3.93. The number of nitrogens with zero attached hydrogens (tertiary/aromatic N) is 2. The van der Waals surface area contributed by atoms with Gasteiger partial charge in [-0.3, -0.25) is 9.59 Å². The molecule has 6 heteroatoms. The van der Waals surface area contributed by atoms with Crippen LogP contribution in [0.3, 0.4) is 0 Å². The quantitative estimate of drug-likeness (QED) is 0.491. The Morgan fingerprint density at radius 3 is 2.55 bits per heavy atom. The van der Waals surface area contributed by atoms with E-state index in [9.17, 15) is 9.59 Å². The van der Waals surface area contributed by atoms with Crippen molar-refractivity contribution in [3.8, 4) is 5.75 Å². The maximum absolute atomic E-state index is 13.8. The first kappa shape index (κ1) is 20.9. The second-order valence-corrected chi connectivity index (χ2v) is 8.51. The van der Waals surface area contributed by atoms with Crippen LogP contribution in [0.2, 0.25) is 0 Å². The van der Waals surface area contributed by atoms with E-state index in [4.69, 9.17) is 4.74 Å². The summed E-state index contributed by atoms with van der Waals surface area (Å²) in [4.78, 5) is 35.5. The van der Waals surface area contributed by atoms with Gasteiger partial charge in [0.15, 0.2) is 0 Å². The molecule has 0 saturated heterocycles. The molecule has 33 heavy (non-hydrogen) atoms. The Morgan fingerprint density at radius 2 is 1.73 bits per heavy atom. The van der Waals surface area contributed by atoms with Gasteiger partial charge >= 0.3 is 0 Å². The van der Waals surface area contributed by atoms with Gasteiger partial charge < -0.3 is 14.6 Å². The monoisotopic (exact) mass is 439 g/mol. The number of fused-ring (bicyclic) bond motifs is 2. The van der Waals surface area contributed by atoms with Crippen molar-refractivity contribution in [3.05, 3.63) is 106 Å². The molecule has 1 amide bonds. The molecule has 0 saturated carbocycles. The Labute approximate surface area is 191 Å². The predicted octanol–water partition coefficient (Wildman–Crippen LogP) is 4.65. The minimum absolute atomic E-state index is 0.00929. The highest BCUT2D eigenvalue weighted by molar-refractivity contribution is 5.97. The zero-order chi connectivity index (χ0) is 22.9.